The van der Waals surface area contributed by atoms with Crippen LogP contribution in [0.1, 0.15) is 17.8 Å². The summed E-state index contributed by atoms with van der Waals surface area (Å²) >= 11 is 0. The largest absolute Gasteiger partial charge is 0.306 e. The Morgan fingerprint density at radius 2 is 1.86 bits per heavy atom. The van der Waals surface area contributed by atoms with Crippen molar-refractivity contribution in [3.05, 3.63) is 47.9 Å². The van der Waals surface area contributed by atoms with Crippen molar-refractivity contribution in [3.8, 4) is 5.82 Å². The summed E-state index contributed by atoms with van der Waals surface area (Å²) in [5, 5.41) is 0. The molecule has 2 aromatic heterocycles. The zero-order valence-corrected chi connectivity index (χ0v) is 13.7. The van der Waals surface area contributed by atoms with Crippen molar-refractivity contribution >= 4 is 0 Å². The summed E-state index contributed by atoms with van der Waals surface area (Å²) in [5.74, 6) is 1.03. The monoisotopic (exact) mass is 298 g/mol. The van der Waals surface area contributed by atoms with E-state index in [1.54, 1.807) is 0 Å². The van der Waals surface area contributed by atoms with E-state index in [0.717, 1.165) is 17.9 Å². The molecule has 3 heterocycles. The van der Waals surface area contributed by atoms with E-state index in [9.17, 15) is 0 Å². The van der Waals surface area contributed by atoms with E-state index in [4.69, 9.17) is 0 Å². The molecule has 22 heavy (non-hydrogen) atoms. The molecule has 118 valence electrons. The van der Waals surface area contributed by atoms with E-state index in [-0.39, 0.29) is 0 Å². The van der Waals surface area contributed by atoms with Gasteiger partial charge >= 0.3 is 0 Å². The van der Waals surface area contributed by atoms with Gasteiger partial charge in [-0.3, -0.25) is 0 Å². The Morgan fingerprint density at radius 1 is 1.05 bits per heavy atom. The molecule has 0 aliphatic carbocycles. The number of nitrogens with zero attached hydrogens (tertiary/aromatic N) is 4. The minimum atomic E-state index is 1.03. The van der Waals surface area contributed by atoms with Crippen LogP contribution in [-0.2, 0) is 6.42 Å². The molecule has 0 radical (unpaired) electrons. The average molecular weight is 298 g/mol. The van der Waals surface area contributed by atoms with Crippen LogP contribution >= 0.6 is 0 Å². The first kappa shape index (κ1) is 15.3. The number of likely N-dealkylation sites (N-methyl/N-ethyl adjacent to an activating group) is 1. The van der Waals surface area contributed by atoms with Gasteiger partial charge in [0.1, 0.15) is 5.82 Å². The number of aromatic nitrogens is 2. The molecule has 0 amide bonds. The van der Waals surface area contributed by atoms with Crippen LogP contribution in [0, 0.1) is 6.92 Å². The molecule has 0 bridgehead atoms. The molecule has 4 nitrogen and oxygen atoms in total. The Kier molecular flexibility index (Phi) is 4.90. The van der Waals surface area contributed by atoms with Gasteiger partial charge in [0, 0.05) is 43.8 Å². The molecular formula is C18H26N4. The lowest BCUT2D eigenvalue weighted by Crippen LogP contribution is -2.44. The highest BCUT2D eigenvalue weighted by Crippen LogP contribution is 2.13. The summed E-state index contributed by atoms with van der Waals surface area (Å²) in [7, 11) is 2.21. The molecule has 2 aromatic rings. The van der Waals surface area contributed by atoms with Crippen molar-refractivity contribution in [3.63, 3.8) is 0 Å². The van der Waals surface area contributed by atoms with Gasteiger partial charge < -0.3 is 14.4 Å². The number of pyridine rings is 1. The van der Waals surface area contributed by atoms with Gasteiger partial charge in [0.05, 0.1) is 0 Å². The van der Waals surface area contributed by atoms with Crippen LogP contribution in [0.15, 0.2) is 36.5 Å². The van der Waals surface area contributed by atoms with E-state index in [2.05, 4.69) is 56.9 Å². The molecule has 0 saturated carbocycles. The van der Waals surface area contributed by atoms with E-state index in [0.29, 0.717) is 0 Å². The van der Waals surface area contributed by atoms with Crippen LogP contribution < -0.4 is 0 Å². The average Bonchev–Trinajstić information content (AvgIpc) is 2.98. The van der Waals surface area contributed by atoms with Crippen molar-refractivity contribution in [1.29, 1.82) is 0 Å². The van der Waals surface area contributed by atoms with E-state index in [1.807, 2.05) is 13.0 Å². The smallest absolute Gasteiger partial charge is 0.137 e. The summed E-state index contributed by atoms with van der Waals surface area (Å²) in [4.78, 5) is 9.62. The predicted octanol–water partition coefficient (Wildman–Crippen LogP) is 2.36. The highest BCUT2D eigenvalue weighted by atomic mass is 15.2. The molecular weight excluding hydrogens is 272 g/mol. The van der Waals surface area contributed by atoms with Crippen LogP contribution in [0.5, 0.6) is 0 Å². The first-order chi connectivity index (χ1) is 10.7. The van der Waals surface area contributed by atoms with E-state index >= 15 is 0 Å². The maximum absolute atomic E-state index is 4.63. The number of hydrogen-bond donors (Lipinski definition) is 0. The molecule has 1 aliphatic rings. The molecule has 0 spiro atoms. The summed E-state index contributed by atoms with van der Waals surface area (Å²) in [6.07, 6.45) is 4.43. The minimum Gasteiger partial charge on any atom is -0.306 e. The molecule has 0 aromatic carbocycles. The number of aryl methyl sites for hydroxylation is 2. The number of rotatable bonds is 5. The van der Waals surface area contributed by atoms with Crippen LogP contribution in [-0.4, -0.2) is 59.1 Å². The molecule has 3 rings (SSSR count). The SMILES string of the molecule is Cc1cccc(-n2cccc2CCCN2CCN(C)CC2)n1. The maximum atomic E-state index is 4.63. The molecule has 1 aliphatic heterocycles. The Hall–Kier alpha value is -1.65. The highest BCUT2D eigenvalue weighted by molar-refractivity contribution is 5.29. The third-order valence-electron chi connectivity index (χ3n) is 4.46. The van der Waals surface area contributed by atoms with E-state index < -0.39 is 0 Å². The van der Waals surface area contributed by atoms with Gasteiger partial charge in [0.25, 0.3) is 0 Å². The van der Waals surface area contributed by atoms with Crippen molar-refractivity contribution < 1.29 is 0 Å². The standard InChI is InChI=1S/C18H26N4/c1-16-6-3-9-18(19-16)22-11-5-8-17(22)7-4-10-21-14-12-20(2)13-15-21/h3,5-6,8-9,11H,4,7,10,12-15H2,1-2H3. The zero-order chi connectivity index (χ0) is 15.4. The van der Waals surface area contributed by atoms with Crippen LogP contribution in [0.4, 0.5) is 0 Å². The minimum absolute atomic E-state index is 1.03. The Labute approximate surface area is 133 Å². The maximum Gasteiger partial charge on any atom is 0.137 e. The van der Waals surface area contributed by atoms with Crippen molar-refractivity contribution in [2.45, 2.75) is 19.8 Å². The predicted molar refractivity (Wildman–Crippen MR) is 90.6 cm³/mol. The zero-order valence-electron chi connectivity index (χ0n) is 13.7. The van der Waals surface area contributed by atoms with Gasteiger partial charge in [-0.1, -0.05) is 6.07 Å². The molecule has 1 fully saturated rings. The Bertz CT molecular complexity index is 597. The van der Waals surface area contributed by atoms with Crippen molar-refractivity contribution in [2.24, 2.45) is 0 Å². The fourth-order valence-electron chi connectivity index (χ4n) is 3.06. The van der Waals surface area contributed by atoms with Gasteiger partial charge in [-0.15, -0.1) is 0 Å². The second-order valence-electron chi connectivity index (χ2n) is 6.26. The van der Waals surface area contributed by atoms with E-state index in [1.165, 1.54) is 44.8 Å². The molecule has 4 heteroatoms. The van der Waals surface area contributed by atoms with Gasteiger partial charge in [-0.25, -0.2) is 4.98 Å². The number of hydrogen-bond acceptors (Lipinski definition) is 3. The second-order valence-corrected chi connectivity index (χ2v) is 6.26. The second kappa shape index (κ2) is 7.07. The first-order valence-corrected chi connectivity index (χ1v) is 8.23. The lowest BCUT2D eigenvalue weighted by atomic mass is 10.2. The highest BCUT2D eigenvalue weighted by Gasteiger charge is 2.13. The third-order valence-corrected chi connectivity index (χ3v) is 4.46. The van der Waals surface area contributed by atoms with Gasteiger partial charge in [-0.05, 0) is 57.6 Å². The quantitative estimate of drug-likeness (QED) is 0.847. The number of piperazine rings is 1. The summed E-state index contributed by atoms with van der Waals surface area (Å²) in [5.41, 5.74) is 2.42. The van der Waals surface area contributed by atoms with Gasteiger partial charge in [0.15, 0.2) is 0 Å². The molecule has 0 N–H and O–H groups in total. The fourth-order valence-corrected chi connectivity index (χ4v) is 3.06. The molecule has 0 atom stereocenters. The van der Waals surface area contributed by atoms with Crippen molar-refractivity contribution in [2.75, 3.05) is 39.8 Å². The van der Waals surface area contributed by atoms with Gasteiger partial charge in [0.2, 0.25) is 0 Å². The first-order valence-electron chi connectivity index (χ1n) is 8.23. The topological polar surface area (TPSA) is 24.3 Å². The Balaban J connectivity index is 1.57. The summed E-state index contributed by atoms with van der Waals surface area (Å²) < 4.78 is 2.22. The fraction of sp³-hybridized carbons (Fsp3) is 0.500. The van der Waals surface area contributed by atoms with Crippen LogP contribution in [0.3, 0.4) is 0 Å². The van der Waals surface area contributed by atoms with Crippen LogP contribution in [0.25, 0.3) is 5.82 Å². The Morgan fingerprint density at radius 3 is 2.64 bits per heavy atom. The van der Waals surface area contributed by atoms with Crippen molar-refractivity contribution in [1.82, 2.24) is 19.4 Å². The normalized spacial score (nSPS) is 17.0. The summed E-state index contributed by atoms with van der Waals surface area (Å²) in [6.45, 7) is 8.04. The van der Waals surface area contributed by atoms with Crippen LogP contribution in [0.2, 0.25) is 0 Å². The lowest BCUT2D eigenvalue weighted by Gasteiger charge is -2.32. The lowest BCUT2D eigenvalue weighted by molar-refractivity contribution is 0.153. The molecule has 0 unspecified atom stereocenters. The van der Waals surface area contributed by atoms with Gasteiger partial charge in [-0.2, -0.15) is 0 Å². The molecule has 1 saturated heterocycles. The summed E-state index contributed by atoms with van der Waals surface area (Å²) in [6, 6.07) is 10.5. The third kappa shape index (κ3) is 3.76.